The minimum atomic E-state index is -1.33. The number of esters is 1. The molecule has 0 aliphatic heterocycles. The number of carboxylic acid groups (broad SMARTS) is 1. The quantitative estimate of drug-likeness (QED) is 0.580. The zero-order valence-corrected chi connectivity index (χ0v) is 14.1. The maximum absolute atomic E-state index is 12.3. The Morgan fingerprint density at radius 3 is 2.31 bits per heavy atom. The molecule has 136 valence electrons. The van der Waals surface area contributed by atoms with Crippen LogP contribution in [0.1, 0.15) is 17.3 Å². The van der Waals surface area contributed by atoms with Crippen LogP contribution >= 0.6 is 0 Å². The van der Waals surface area contributed by atoms with Gasteiger partial charge in [-0.25, -0.2) is 0 Å². The van der Waals surface area contributed by atoms with Crippen molar-refractivity contribution in [2.24, 2.45) is 0 Å². The Kier molecular flexibility index (Phi) is 6.15. The van der Waals surface area contributed by atoms with Gasteiger partial charge in [0.2, 0.25) is 0 Å². The van der Waals surface area contributed by atoms with E-state index in [1.807, 2.05) is 0 Å². The Labute approximate surface area is 149 Å². The molecule has 0 bridgehead atoms. The molecule has 0 aromatic heterocycles. The van der Waals surface area contributed by atoms with Gasteiger partial charge in [0.15, 0.2) is 11.5 Å². The second-order valence-electron chi connectivity index (χ2n) is 5.10. The zero-order valence-electron chi connectivity index (χ0n) is 14.1. The fraction of sp³-hybridized carbons (Fsp3) is 0.167. The van der Waals surface area contributed by atoms with Crippen molar-refractivity contribution in [2.75, 3.05) is 19.0 Å². The highest BCUT2D eigenvalue weighted by Crippen LogP contribution is 2.28. The van der Waals surface area contributed by atoms with Gasteiger partial charge in [0, 0.05) is 18.2 Å². The predicted octanol–water partition coefficient (Wildman–Crippen LogP) is 1.00. The van der Waals surface area contributed by atoms with Crippen LogP contribution < -0.4 is 24.6 Å². The molecule has 1 amide bonds. The highest BCUT2D eigenvalue weighted by Gasteiger charge is 2.13. The molecule has 0 saturated carbocycles. The summed E-state index contributed by atoms with van der Waals surface area (Å²) in [4.78, 5) is 33.7. The van der Waals surface area contributed by atoms with Crippen LogP contribution in [-0.2, 0) is 9.59 Å². The molecule has 2 aromatic rings. The van der Waals surface area contributed by atoms with Gasteiger partial charge in [-0.05, 0) is 42.5 Å². The molecule has 0 atom stereocenters. The molecule has 0 aliphatic rings. The minimum Gasteiger partial charge on any atom is -0.546 e. The first-order valence-electron chi connectivity index (χ1n) is 7.49. The molecule has 0 heterocycles. The SMILES string of the molecule is COc1cc(C(=O)Nc2ccc(OCC(=O)[O-])cc2)ccc1OC(C)=O. The fourth-order valence-corrected chi connectivity index (χ4v) is 2.03. The number of rotatable bonds is 7. The Balaban J connectivity index is 2.07. The van der Waals surface area contributed by atoms with E-state index in [1.54, 1.807) is 12.1 Å². The summed E-state index contributed by atoms with van der Waals surface area (Å²) in [5.41, 5.74) is 0.786. The topological polar surface area (TPSA) is 114 Å². The number of methoxy groups -OCH3 is 1. The summed E-state index contributed by atoms with van der Waals surface area (Å²) < 4.78 is 15.1. The summed E-state index contributed by atoms with van der Waals surface area (Å²) in [5.74, 6) is -1.43. The van der Waals surface area contributed by atoms with E-state index in [0.717, 1.165) is 0 Å². The second-order valence-corrected chi connectivity index (χ2v) is 5.10. The molecule has 0 aliphatic carbocycles. The second kappa shape index (κ2) is 8.52. The van der Waals surface area contributed by atoms with Crippen LogP contribution in [0, 0.1) is 0 Å². The summed E-state index contributed by atoms with van der Waals surface area (Å²) >= 11 is 0. The highest BCUT2D eigenvalue weighted by molar-refractivity contribution is 6.04. The van der Waals surface area contributed by atoms with Crippen molar-refractivity contribution < 1.29 is 33.7 Å². The van der Waals surface area contributed by atoms with Gasteiger partial charge in [-0.2, -0.15) is 0 Å². The van der Waals surface area contributed by atoms with Crippen molar-refractivity contribution >= 4 is 23.5 Å². The average molecular weight is 358 g/mol. The van der Waals surface area contributed by atoms with E-state index < -0.39 is 24.5 Å². The first-order chi connectivity index (χ1) is 12.4. The maximum atomic E-state index is 12.3. The van der Waals surface area contributed by atoms with Gasteiger partial charge >= 0.3 is 5.97 Å². The molecule has 1 N–H and O–H groups in total. The third-order valence-electron chi connectivity index (χ3n) is 3.15. The summed E-state index contributed by atoms with van der Waals surface area (Å²) in [6.07, 6.45) is 0. The number of anilines is 1. The number of carbonyl (C=O) groups is 3. The Morgan fingerprint density at radius 1 is 1.04 bits per heavy atom. The summed E-state index contributed by atoms with van der Waals surface area (Å²) in [5, 5.41) is 13.0. The molecule has 26 heavy (non-hydrogen) atoms. The van der Waals surface area contributed by atoms with E-state index in [4.69, 9.17) is 14.2 Å². The van der Waals surface area contributed by atoms with Crippen molar-refractivity contribution in [2.45, 2.75) is 6.92 Å². The van der Waals surface area contributed by atoms with Crippen LogP contribution in [0.3, 0.4) is 0 Å². The third kappa shape index (κ3) is 5.23. The van der Waals surface area contributed by atoms with Crippen molar-refractivity contribution in [1.82, 2.24) is 0 Å². The van der Waals surface area contributed by atoms with Crippen molar-refractivity contribution in [1.29, 1.82) is 0 Å². The molecule has 0 saturated heterocycles. The molecule has 0 spiro atoms. The zero-order chi connectivity index (χ0) is 19.1. The van der Waals surface area contributed by atoms with Gasteiger partial charge in [0.1, 0.15) is 12.4 Å². The molecular weight excluding hydrogens is 342 g/mol. The first-order valence-corrected chi connectivity index (χ1v) is 7.49. The van der Waals surface area contributed by atoms with Crippen LogP contribution in [-0.4, -0.2) is 31.6 Å². The standard InChI is InChI=1S/C18H17NO7/c1-11(20)26-15-8-3-12(9-16(15)24-2)18(23)19-13-4-6-14(7-5-13)25-10-17(21)22/h3-9H,10H2,1-2H3,(H,19,23)(H,21,22)/p-1. The van der Waals surface area contributed by atoms with Gasteiger partial charge in [-0.15, -0.1) is 0 Å². The van der Waals surface area contributed by atoms with E-state index in [2.05, 4.69) is 5.32 Å². The Hall–Kier alpha value is -3.55. The number of benzene rings is 2. The fourth-order valence-electron chi connectivity index (χ4n) is 2.03. The van der Waals surface area contributed by atoms with Crippen LogP contribution in [0.2, 0.25) is 0 Å². The van der Waals surface area contributed by atoms with Gasteiger partial charge in [-0.3, -0.25) is 9.59 Å². The lowest BCUT2D eigenvalue weighted by Gasteiger charge is -2.11. The van der Waals surface area contributed by atoms with Gasteiger partial charge < -0.3 is 29.4 Å². The van der Waals surface area contributed by atoms with Crippen molar-refractivity contribution in [3.05, 3.63) is 48.0 Å². The summed E-state index contributed by atoms with van der Waals surface area (Å²) in [6, 6.07) is 10.6. The Bertz CT molecular complexity index is 815. The lowest BCUT2D eigenvalue weighted by Crippen LogP contribution is -2.28. The third-order valence-corrected chi connectivity index (χ3v) is 3.15. The number of ether oxygens (including phenoxy) is 3. The molecule has 8 heteroatoms. The molecule has 2 rings (SSSR count). The van der Waals surface area contributed by atoms with Crippen molar-refractivity contribution in [3.8, 4) is 17.2 Å². The predicted molar refractivity (Wildman–Crippen MR) is 89.2 cm³/mol. The maximum Gasteiger partial charge on any atom is 0.308 e. The lowest BCUT2D eigenvalue weighted by atomic mass is 10.2. The smallest absolute Gasteiger partial charge is 0.308 e. The number of hydrogen-bond acceptors (Lipinski definition) is 7. The Morgan fingerprint density at radius 2 is 1.73 bits per heavy atom. The van der Waals surface area contributed by atoms with Crippen LogP contribution in [0.4, 0.5) is 5.69 Å². The van der Waals surface area contributed by atoms with Crippen LogP contribution in [0.15, 0.2) is 42.5 Å². The van der Waals surface area contributed by atoms with E-state index in [9.17, 15) is 19.5 Å². The number of carbonyl (C=O) groups excluding carboxylic acids is 3. The van der Waals surface area contributed by atoms with E-state index >= 15 is 0 Å². The minimum absolute atomic E-state index is 0.214. The normalized spacial score (nSPS) is 9.92. The van der Waals surface area contributed by atoms with E-state index in [0.29, 0.717) is 17.0 Å². The van der Waals surface area contributed by atoms with E-state index in [-0.39, 0.29) is 11.5 Å². The van der Waals surface area contributed by atoms with Gasteiger partial charge in [0.05, 0.1) is 13.1 Å². The molecule has 0 radical (unpaired) electrons. The number of amides is 1. The summed E-state index contributed by atoms with van der Waals surface area (Å²) in [7, 11) is 1.40. The van der Waals surface area contributed by atoms with Crippen LogP contribution in [0.25, 0.3) is 0 Å². The van der Waals surface area contributed by atoms with Gasteiger partial charge in [0.25, 0.3) is 5.91 Å². The molecule has 0 unspecified atom stereocenters. The molecular formula is C18H16NO7-. The number of aliphatic carboxylic acids is 1. The van der Waals surface area contributed by atoms with Crippen molar-refractivity contribution in [3.63, 3.8) is 0 Å². The summed E-state index contributed by atoms with van der Waals surface area (Å²) in [6.45, 7) is 0.709. The largest absolute Gasteiger partial charge is 0.546 e. The number of nitrogens with one attached hydrogen (secondary N) is 1. The number of hydrogen-bond donors (Lipinski definition) is 1. The van der Waals surface area contributed by atoms with Crippen LogP contribution in [0.5, 0.6) is 17.2 Å². The molecule has 8 nitrogen and oxygen atoms in total. The lowest BCUT2D eigenvalue weighted by molar-refractivity contribution is -0.307. The number of carboxylic acids is 1. The first kappa shape index (κ1) is 18.8. The molecule has 2 aromatic carbocycles. The molecule has 0 fully saturated rings. The monoisotopic (exact) mass is 358 g/mol. The van der Waals surface area contributed by atoms with E-state index in [1.165, 1.54) is 44.4 Å². The highest BCUT2D eigenvalue weighted by atomic mass is 16.6. The van der Waals surface area contributed by atoms with Gasteiger partial charge in [-0.1, -0.05) is 0 Å². The average Bonchev–Trinajstić information content (AvgIpc) is 2.60.